The lowest BCUT2D eigenvalue weighted by molar-refractivity contribution is -0.136. The molecule has 3 unspecified atom stereocenters. The number of fused-ring (bicyclic) bond motifs is 1. The lowest BCUT2D eigenvalue weighted by atomic mass is 9.97. The van der Waals surface area contributed by atoms with Gasteiger partial charge in [-0.2, -0.15) is 13.2 Å². The van der Waals surface area contributed by atoms with Crippen LogP contribution < -0.4 is 10.2 Å². The number of nitrogens with one attached hydrogen (secondary N) is 1. The molecule has 0 fully saturated rings. The molecule has 7 nitrogen and oxygen atoms in total. The molecule has 1 aliphatic heterocycles. The van der Waals surface area contributed by atoms with Gasteiger partial charge in [0.05, 0.1) is 11.7 Å². The predicted molar refractivity (Wildman–Crippen MR) is 154 cm³/mol. The van der Waals surface area contributed by atoms with Gasteiger partial charge in [0.15, 0.2) is 0 Å². The maximum atomic E-state index is 13.1. The number of nitrogens with zero attached hydrogens (tertiary/aromatic N) is 2. The van der Waals surface area contributed by atoms with Crippen molar-refractivity contribution in [3.63, 3.8) is 0 Å². The molecule has 1 aliphatic rings. The molecule has 0 aromatic heterocycles. The highest BCUT2D eigenvalue weighted by atomic mass is 19.4. The Morgan fingerprint density at radius 3 is 2.37 bits per heavy atom. The quantitative estimate of drug-likeness (QED) is 0.330. The van der Waals surface area contributed by atoms with Crippen molar-refractivity contribution in [2.24, 2.45) is 0 Å². The molecule has 3 amide bonds. The van der Waals surface area contributed by atoms with E-state index in [2.05, 4.69) is 5.32 Å². The van der Waals surface area contributed by atoms with Crippen molar-refractivity contribution in [2.75, 3.05) is 18.6 Å². The van der Waals surface area contributed by atoms with Crippen LogP contribution in [0.15, 0.2) is 42.5 Å². The van der Waals surface area contributed by atoms with Gasteiger partial charge < -0.3 is 19.7 Å². The molecule has 1 N–H and O–H groups in total. The Morgan fingerprint density at radius 1 is 1.10 bits per heavy atom. The van der Waals surface area contributed by atoms with E-state index >= 15 is 0 Å². The molecule has 226 valence electrons. The van der Waals surface area contributed by atoms with Gasteiger partial charge in [-0.1, -0.05) is 31.2 Å². The Labute approximate surface area is 241 Å². The molecule has 2 aromatic carbocycles. The van der Waals surface area contributed by atoms with Crippen LogP contribution in [0.1, 0.15) is 78.0 Å². The Balaban J connectivity index is 1.80. The molecule has 0 radical (unpaired) electrons. The highest BCUT2D eigenvalue weighted by Gasteiger charge is 2.37. The van der Waals surface area contributed by atoms with E-state index in [0.717, 1.165) is 27.9 Å². The monoisotopic (exact) mass is 577 g/mol. The second-order valence-corrected chi connectivity index (χ2v) is 11.4. The number of carbonyl (C=O) groups is 2. The third kappa shape index (κ3) is 8.38. The average Bonchev–Trinajstić information content (AvgIpc) is 3.28. The topological polar surface area (TPSA) is 71.1 Å². The normalized spacial score (nSPS) is 16.6. The first-order valence-corrected chi connectivity index (χ1v) is 14.1. The number of amides is 3. The van der Waals surface area contributed by atoms with Gasteiger partial charge in [-0.3, -0.25) is 4.90 Å². The minimum absolute atomic E-state index is 0.152. The van der Waals surface area contributed by atoms with Crippen molar-refractivity contribution in [3.8, 4) is 11.1 Å². The van der Waals surface area contributed by atoms with Gasteiger partial charge in [0.1, 0.15) is 11.8 Å². The molecule has 2 aromatic rings. The summed E-state index contributed by atoms with van der Waals surface area (Å²) in [6.07, 6.45) is -5.35. The number of carbonyl (C=O) groups excluding carboxylic acids is 2. The molecule has 3 atom stereocenters. The van der Waals surface area contributed by atoms with Crippen LogP contribution in [0, 0.1) is 0 Å². The van der Waals surface area contributed by atoms with Crippen LogP contribution in [0.4, 0.5) is 28.4 Å². The van der Waals surface area contributed by atoms with Crippen molar-refractivity contribution in [1.82, 2.24) is 10.2 Å². The maximum Gasteiger partial charge on any atom is 0.416 e. The van der Waals surface area contributed by atoms with Crippen LogP contribution in [-0.2, 0) is 15.9 Å². The van der Waals surface area contributed by atoms with Crippen LogP contribution in [0.5, 0.6) is 0 Å². The summed E-state index contributed by atoms with van der Waals surface area (Å²) in [4.78, 5) is 29.2. The van der Waals surface area contributed by atoms with Gasteiger partial charge in [-0.25, -0.2) is 9.59 Å². The number of urea groups is 1. The van der Waals surface area contributed by atoms with Crippen LogP contribution in [-0.4, -0.2) is 54.7 Å². The fourth-order valence-corrected chi connectivity index (χ4v) is 5.04. The van der Waals surface area contributed by atoms with Crippen LogP contribution in [0.25, 0.3) is 11.1 Å². The summed E-state index contributed by atoms with van der Waals surface area (Å²) in [5, 5.41) is 2.79. The van der Waals surface area contributed by atoms with E-state index in [-0.39, 0.29) is 18.5 Å². The summed E-state index contributed by atoms with van der Waals surface area (Å²) in [6.45, 7) is 11.4. The number of hydrogen-bond donors (Lipinski definition) is 1. The fraction of sp³-hybridized carbons (Fsp3) is 0.548. The molecule has 0 saturated carbocycles. The van der Waals surface area contributed by atoms with Crippen molar-refractivity contribution in [2.45, 2.75) is 97.3 Å². The van der Waals surface area contributed by atoms with E-state index in [9.17, 15) is 22.8 Å². The van der Waals surface area contributed by atoms with E-state index in [4.69, 9.17) is 9.47 Å². The lowest BCUT2D eigenvalue weighted by Crippen LogP contribution is -2.45. The van der Waals surface area contributed by atoms with E-state index in [1.165, 1.54) is 0 Å². The molecule has 41 heavy (non-hydrogen) atoms. The third-order valence-corrected chi connectivity index (χ3v) is 7.25. The smallest absolute Gasteiger partial charge is 0.416 e. The van der Waals surface area contributed by atoms with Crippen LogP contribution in [0.3, 0.4) is 0 Å². The second kappa shape index (κ2) is 13.1. The number of benzene rings is 2. The number of methoxy groups -OCH3 is 1. The maximum absolute atomic E-state index is 13.1. The first-order chi connectivity index (χ1) is 19.2. The van der Waals surface area contributed by atoms with Gasteiger partial charge in [-0.05, 0) is 87.9 Å². The third-order valence-electron chi connectivity index (χ3n) is 7.25. The fourth-order valence-electron chi connectivity index (χ4n) is 5.04. The van der Waals surface area contributed by atoms with Gasteiger partial charge in [0, 0.05) is 32.5 Å². The number of anilines is 1. The van der Waals surface area contributed by atoms with E-state index in [1.807, 2.05) is 77.1 Å². The molecule has 0 bridgehead atoms. The van der Waals surface area contributed by atoms with E-state index in [1.54, 1.807) is 23.8 Å². The van der Waals surface area contributed by atoms with E-state index < -0.39 is 36.6 Å². The van der Waals surface area contributed by atoms with Gasteiger partial charge in [0.25, 0.3) is 0 Å². The number of alkyl halides is 3. The number of halogens is 3. The Morgan fingerprint density at radius 2 is 1.78 bits per heavy atom. The van der Waals surface area contributed by atoms with Crippen molar-refractivity contribution >= 4 is 17.8 Å². The number of ether oxygens (including phenoxy) is 2. The first-order valence-electron chi connectivity index (χ1n) is 14.1. The zero-order valence-corrected chi connectivity index (χ0v) is 25.0. The lowest BCUT2D eigenvalue weighted by Gasteiger charge is -2.31. The molecule has 1 heterocycles. The minimum atomic E-state index is -4.26. The summed E-state index contributed by atoms with van der Waals surface area (Å²) in [6, 6.07) is 12.5. The first kappa shape index (κ1) is 32.2. The number of rotatable bonds is 9. The molecule has 0 saturated heterocycles. The van der Waals surface area contributed by atoms with Crippen LogP contribution in [0.2, 0.25) is 0 Å². The summed E-state index contributed by atoms with van der Waals surface area (Å²) in [5.41, 5.74) is 3.84. The predicted octanol–water partition coefficient (Wildman–Crippen LogP) is 7.84. The molecular formula is C31H42F3N3O4. The largest absolute Gasteiger partial charge is 0.443 e. The SMILES string of the molecule is CCC(CCC(F)(F)F)NC(=O)N(CC)C(C)c1cccc(-c2ccc3c(c2)CC(OC)N3C(=O)OC(C)(C)C)c1. The van der Waals surface area contributed by atoms with Crippen molar-refractivity contribution < 1.29 is 32.2 Å². The Bertz CT molecular complexity index is 1210. The van der Waals surface area contributed by atoms with Gasteiger partial charge >= 0.3 is 18.3 Å². The summed E-state index contributed by atoms with van der Waals surface area (Å²) >= 11 is 0. The minimum Gasteiger partial charge on any atom is -0.443 e. The standard InChI is InChI=1S/C31H42F3N3O4/c1-8-25(15-16-31(32,33)34)35-28(38)36(9-2)20(3)21-11-10-12-22(17-21)23-13-14-26-24(18-23)19-27(40-7)37(26)29(39)41-30(4,5)6/h10-14,17-18,20,25,27H,8-9,15-16,19H2,1-7H3,(H,35,38). The Kier molecular flexibility index (Phi) is 10.3. The van der Waals surface area contributed by atoms with Crippen molar-refractivity contribution in [1.29, 1.82) is 0 Å². The second-order valence-electron chi connectivity index (χ2n) is 11.4. The molecule has 0 spiro atoms. The zero-order valence-electron chi connectivity index (χ0n) is 25.0. The molecule has 3 rings (SSSR count). The van der Waals surface area contributed by atoms with E-state index in [0.29, 0.717) is 19.4 Å². The summed E-state index contributed by atoms with van der Waals surface area (Å²) < 4.78 is 49.3. The average molecular weight is 578 g/mol. The zero-order chi connectivity index (χ0) is 30.5. The van der Waals surface area contributed by atoms with Crippen molar-refractivity contribution in [3.05, 3.63) is 53.6 Å². The summed E-state index contributed by atoms with van der Waals surface area (Å²) in [7, 11) is 1.56. The Hall–Kier alpha value is -3.27. The highest BCUT2D eigenvalue weighted by molar-refractivity contribution is 5.92. The highest BCUT2D eigenvalue weighted by Crippen LogP contribution is 2.37. The molecule has 10 heteroatoms. The molecule has 0 aliphatic carbocycles. The molecular weight excluding hydrogens is 535 g/mol. The summed E-state index contributed by atoms with van der Waals surface area (Å²) in [5.74, 6) is 0. The number of hydrogen-bond acceptors (Lipinski definition) is 4. The van der Waals surface area contributed by atoms with Gasteiger partial charge in [-0.15, -0.1) is 0 Å². The van der Waals surface area contributed by atoms with Crippen LogP contribution >= 0.6 is 0 Å². The van der Waals surface area contributed by atoms with Gasteiger partial charge in [0.2, 0.25) is 0 Å².